The molecular formula is C26H38BrNO3S. The molecule has 4 nitrogen and oxygen atoms in total. The Kier molecular flexibility index (Phi) is 11.9. The Hall–Kier alpha value is -1.21. The van der Waals surface area contributed by atoms with Crippen LogP contribution in [0.1, 0.15) is 55.2 Å². The average molecular weight is 525 g/mol. The molecule has 2 rings (SSSR count). The quantitative estimate of drug-likeness (QED) is 0.228. The van der Waals surface area contributed by atoms with Crippen LogP contribution in [0.25, 0.3) is 0 Å². The molecule has 0 bridgehead atoms. The fourth-order valence-electron chi connectivity index (χ4n) is 4.36. The zero-order chi connectivity index (χ0) is 23.5. The van der Waals surface area contributed by atoms with Crippen LogP contribution in [-0.4, -0.2) is 34.9 Å². The van der Waals surface area contributed by atoms with E-state index in [9.17, 15) is 15.0 Å². The Bertz CT molecular complexity index is 769. The SMILES string of the molecule is C=CC1CC(O)[C@H](CC=CCCCC(=O)NCC)[C@H]1C=C[C@@H](O)CCc1cc(Br)c(C)s1. The second-order valence-electron chi connectivity index (χ2n) is 8.60. The number of carbonyl (C=O) groups excluding carboxylic acids is 1. The van der Waals surface area contributed by atoms with Crippen molar-refractivity contribution >= 4 is 33.2 Å². The van der Waals surface area contributed by atoms with Crippen molar-refractivity contribution in [2.24, 2.45) is 17.8 Å². The molecule has 2 unspecified atom stereocenters. The third-order valence-corrected chi connectivity index (χ3v) is 8.37. The highest BCUT2D eigenvalue weighted by Crippen LogP contribution is 2.41. The topological polar surface area (TPSA) is 69.6 Å². The summed E-state index contributed by atoms with van der Waals surface area (Å²) in [6.07, 6.45) is 14.6. The second-order valence-corrected chi connectivity index (χ2v) is 10.8. The molecule has 1 amide bonds. The molecule has 1 saturated carbocycles. The van der Waals surface area contributed by atoms with Gasteiger partial charge in [-0.1, -0.05) is 30.4 Å². The van der Waals surface area contributed by atoms with E-state index in [4.69, 9.17) is 0 Å². The number of halogens is 1. The fraction of sp³-hybridized carbons (Fsp3) is 0.577. The summed E-state index contributed by atoms with van der Waals surface area (Å²) in [5.74, 6) is 0.624. The van der Waals surface area contributed by atoms with Crippen LogP contribution in [0.5, 0.6) is 0 Å². The van der Waals surface area contributed by atoms with E-state index in [1.54, 1.807) is 11.3 Å². The molecule has 0 radical (unpaired) electrons. The van der Waals surface area contributed by atoms with Crippen LogP contribution in [0.2, 0.25) is 0 Å². The van der Waals surface area contributed by atoms with Crippen LogP contribution in [-0.2, 0) is 11.2 Å². The Labute approximate surface area is 205 Å². The van der Waals surface area contributed by atoms with Gasteiger partial charge in [-0.15, -0.1) is 17.9 Å². The number of unbranched alkanes of at least 4 members (excludes halogenated alkanes) is 1. The monoisotopic (exact) mass is 523 g/mol. The summed E-state index contributed by atoms with van der Waals surface area (Å²) in [5, 5.41) is 23.9. The predicted molar refractivity (Wildman–Crippen MR) is 138 cm³/mol. The van der Waals surface area contributed by atoms with Gasteiger partial charge in [-0.05, 0) is 92.1 Å². The van der Waals surface area contributed by atoms with Gasteiger partial charge < -0.3 is 15.5 Å². The Morgan fingerprint density at radius 3 is 2.88 bits per heavy atom. The molecule has 0 spiro atoms. The van der Waals surface area contributed by atoms with Crippen LogP contribution in [0.4, 0.5) is 0 Å². The van der Waals surface area contributed by atoms with Gasteiger partial charge in [-0.3, -0.25) is 4.79 Å². The number of aliphatic hydroxyl groups excluding tert-OH is 2. The number of amides is 1. The molecule has 6 heteroatoms. The predicted octanol–water partition coefficient (Wildman–Crippen LogP) is 5.72. The van der Waals surface area contributed by atoms with Crippen LogP contribution in [0.3, 0.4) is 0 Å². The summed E-state index contributed by atoms with van der Waals surface area (Å²) < 4.78 is 1.14. The number of rotatable bonds is 13. The van der Waals surface area contributed by atoms with E-state index < -0.39 is 6.10 Å². The van der Waals surface area contributed by atoms with E-state index in [2.05, 4.69) is 59.0 Å². The zero-order valence-corrected chi connectivity index (χ0v) is 21.7. The largest absolute Gasteiger partial charge is 0.393 e. The molecule has 1 aromatic heterocycles. The molecule has 178 valence electrons. The second kappa shape index (κ2) is 14.1. The Balaban J connectivity index is 1.85. The molecule has 0 aromatic carbocycles. The minimum absolute atomic E-state index is 0.103. The van der Waals surface area contributed by atoms with Gasteiger partial charge in [0.2, 0.25) is 5.91 Å². The molecule has 0 saturated heterocycles. The number of aliphatic hydroxyl groups is 2. The molecule has 0 aliphatic heterocycles. The van der Waals surface area contributed by atoms with Crippen molar-refractivity contribution in [3.63, 3.8) is 0 Å². The molecule has 1 heterocycles. The van der Waals surface area contributed by atoms with E-state index in [0.29, 0.717) is 25.8 Å². The summed E-state index contributed by atoms with van der Waals surface area (Å²) in [4.78, 5) is 14.0. The molecular weight excluding hydrogens is 486 g/mol. The van der Waals surface area contributed by atoms with Crippen LogP contribution < -0.4 is 5.32 Å². The third kappa shape index (κ3) is 8.62. The first kappa shape index (κ1) is 27.0. The van der Waals surface area contributed by atoms with E-state index in [-0.39, 0.29) is 29.8 Å². The Morgan fingerprint density at radius 1 is 1.44 bits per heavy atom. The van der Waals surface area contributed by atoms with E-state index >= 15 is 0 Å². The standard InChI is InChI=1S/C26H38BrNO3S/c1-4-19-16-25(30)23(10-8-6-7-9-11-26(31)28-5-2)22(19)15-13-20(29)12-14-21-17-24(27)18(3)32-21/h4,6,8,13,15,17,19-20,22-23,25,29-30H,1,5,7,9-12,14,16H2,2-3H3,(H,28,31)/t19?,20-,22-,23+,25?/m0/s1. The minimum atomic E-state index is -0.496. The van der Waals surface area contributed by atoms with Gasteiger partial charge in [0.1, 0.15) is 0 Å². The maximum atomic E-state index is 11.5. The number of thiophene rings is 1. The lowest BCUT2D eigenvalue weighted by molar-refractivity contribution is -0.121. The van der Waals surface area contributed by atoms with Gasteiger partial charge in [0.05, 0.1) is 12.2 Å². The lowest BCUT2D eigenvalue weighted by Crippen LogP contribution is -2.21. The van der Waals surface area contributed by atoms with Gasteiger partial charge in [0.15, 0.2) is 0 Å². The first-order valence-electron chi connectivity index (χ1n) is 11.7. The van der Waals surface area contributed by atoms with Gasteiger partial charge >= 0.3 is 0 Å². The zero-order valence-electron chi connectivity index (χ0n) is 19.3. The molecule has 3 N–H and O–H groups in total. The van der Waals surface area contributed by atoms with Crippen LogP contribution >= 0.6 is 27.3 Å². The summed E-state index contributed by atoms with van der Waals surface area (Å²) in [7, 11) is 0. The lowest BCUT2D eigenvalue weighted by atomic mass is 9.86. The summed E-state index contributed by atoms with van der Waals surface area (Å²) >= 11 is 5.31. The van der Waals surface area contributed by atoms with Crippen molar-refractivity contribution < 1.29 is 15.0 Å². The maximum absolute atomic E-state index is 11.5. The van der Waals surface area contributed by atoms with E-state index in [1.165, 1.54) is 9.75 Å². The van der Waals surface area contributed by atoms with Crippen molar-refractivity contribution in [1.82, 2.24) is 5.32 Å². The first-order valence-corrected chi connectivity index (χ1v) is 13.3. The highest BCUT2D eigenvalue weighted by Gasteiger charge is 2.38. The van der Waals surface area contributed by atoms with Gasteiger partial charge in [-0.25, -0.2) is 0 Å². The van der Waals surface area contributed by atoms with Gasteiger partial charge in [0, 0.05) is 27.2 Å². The molecule has 1 aliphatic carbocycles. The highest BCUT2D eigenvalue weighted by molar-refractivity contribution is 9.10. The summed E-state index contributed by atoms with van der Waals surface area (Å²) in [6.45, 7) is 8.65. The van der Waals surface area contributed by atoms with Crippen molar-refractivity contribution in [1.29, 1.82) is 0 Å². The minimum Gasteiger partial charge on any atom is -0.393 e. The molecule has 32 heavy (non-hydrogen) atoms. The number of hydrogen-bond acceptors (Lipinski definition) is 4. The van der Waals surface area contributed by atoms with Crippen molar-refractivity contribution in [3.05, 3.63) is 57.3 Å². The normalized spacial score (nSPS) is 24.4. The average Bonchev–Trinajstić information content (AvgIpc) is 3.25. The number of aryl methyl sites for hydroxylation is 2. The molecule has 5 atom stereocenters. The number of carbonyl (C=O) groups is 1. The molecule has 1 fully saturated rings. The molecule has 1 aliphatic rings. The first-order chi connectivity index (χ1) is 15.3. The Morgan fingerprint density at radius 2 is 2.22 bits per heavy atom. The lowest BCUT2D eigenvalue weighted by Gasteiger charge is -2.20. The van der Waals surface area contributed by atoms with Crippen molar-refractivity contribution in [3.8, 4) is 0 Å². The smallest absolute Gasteiger partial charge is 0.219 e. The summed E-state index contributed by atoms with van der Waals surface area (Å²) in [5.41, 5.74) is 0. The van der Waals surface area contributed by atoms with Gasteiger partial charge in [-0.2, -0.15) is 0 Å². The number of hydrogen-bond donors (Lipinski definition) is 3. The molecule has 1 aromatic rings. The highest BCUT2D eigenvalue weighted by atomic mass is 79.9. The van der Waals surface area contributed by atoms with E-state index in [0.717, 1.165) is 30.2 Å². The maximum Gasteiger partial charge on any atom is 0.219 e. The van der Waals surface area contributed by atoms with Crippen LogP contribution in [0.15, 0.2) is 47.5 Å². The number of nitrogens with one attached hydrogen (secondary N) is 1. The van der Waals surface area contributed by atoms with Crippen molar-refractivity contribution in [2.45, 2.75) is 71.0 Å². The van der Waals surface area contributed by atoms with Crippen LogP contribution in [0, 0.1) is 24.7 Å². The van der Waals surface area contributed by atoms with Gasteiger partial charge in [0.25, 0.3) is 0 Å². The van der Waals surface area contributed by atoms with Crippen molar-refractivity contribution in [2.75, 3.05) is 6.54 Å². The number of allylic oxidation sites excluding steroid dienone is 4. The summed E-state index contributed by atoms with van der Waals surface area (Å²) in [6, 6.07) is 2.14. The van der Waals surface area contributed by atoms with E-state index in [1.807, 2.05) is 19.1 Å². The fourth-order valence-corrected chi connectivity index (χ4v) is 5.98. The third-order valence-electron chi connectivity index (χ3n) is 6.17.